The standard InChI is InChI=1S/C10H10F4N2O.ClH/c11-7-1-6(2-8(12)3-7)9(17)16-5-10(13,14)4-15;/h1-3H,4-5,15H2,(H,16,17);1H. The second-order valence-electron chi connectivity index (χ2n) is 3.40. The van der Waals surface area contributed by atoms with Crippen molar-refractivity contribution in [3.05, 3.63) is 35.4 Å². The molecule has 1 aromatic carbocycles. The molecule has 0 fully saturated rings. The SMILES string of the molecule is Cl.NCC(F)(F)CNC(=O)c1cc(F)cc(F)c1. The fourth-order valence-electron chi connectivity index (χ4n) is 1.07. The van der Waals surface area contributed by atoms with Crippen LogP contribution in [0.3, 0.4) is 0 Å². The van der Waals surface area contributed by atoms with Crippen LogP contribution < -0.4 is 11.1 Å². The van der Waals surface area contributed by atoms with E-state index in [0.29, 0.717) is 6.07 Å². The second-order valence-corrected chi connectivity index (χ2v) is 3.40. The number of hydrogen-bond donors (Lipinski definition) is 2. The van der Waals surface area contributed by atoms with Crippen LogP contribution in [0.2, 0.25) is 0 Å². The Balaban J connectivity index is 0.00000289. The summed E-state index contributed by atoms with van der Waals surface area (Å²) < 4.78 is 50.9. The molecule has 0 aliphatic rings. The van der Waals surface area contributed by atoms with E-state index in [9.17, 15) is 22.4 Å². The molecular weight excluding hydrogens is 276 g/mol. The summed E-state index contributed by atoms with van der Waals surface area (Å²) in [7, 11) is 0. The summed E-state index contributed by atoms with van der Waals surface area (Å²) in [6.45, 7) is -1.91. The number of nitrogens with one attached hydrogen (secondary N) is 1. The Morgan fingerprint density at radius 2 is 1.72 bits per heavy atom. The van der Waals surface area contributed by atoms with Crippen molar-refractivity contribution in [2.75, 3.05) is 13.1 Å². The molecule has 0 radical (unpaired) electrons. The smallest absolute Gasteiger partial charge is 0.277 e. The van der Waals surface area contributed by atoms with Crippen molar-refractivity contribution in [1.29, 1.82) is 0 Å². The topological polar surface area (TPSA) is 55.1 Å². The van der Waals surface area contributed by atoms with E-state index in [1.165, 1.54) is 0 Å². The maximum absolute atomic E-state index is 12.7. The number of nitrogens with two attached hydrogens (primary N) is 1. The number of rotatable bonds is 4. The maximum Gasteiger partial charge on any atom is 0.277 e. The highest BCUT2D eigenvalue weighted by atomic mass is 35.5. The number of hydrogen-bond acceptors (Lipinski definition) is 2. The zero-order valence-electron chi connectivity index (χ0n) is 9.05. The molecule has 102 valence electrons. The third kappa shape index (κ3) is 4.89. The van der Waals surface area contributed by atoms with Crippen molar-refractivity contribution in [2.45, 2.75) is 5.92 Å². The van der Waals surface area contributed by atoms with Gasteiger partial charge in [-0.05, 0) is 12.1 Å². The molecule has 0 atom stereocenters. The van der Waals surface area contributed by atoms with Gasteiger partial charge >= 0.3 is 0 Å². The fourth-order valence-corrected chi connectivity index (χ4v) is 1.07. The highest BCUT2D eigenvalue weighted by molar-refractivity contribution is 5.94. The van der Waals surface area contributed by atoms with E-state index < -0.39 is 36.6 Å². The molecule has 0 unspecified atom stereocenters. The van der Waals surface area contributed by atoms with Crippen molar-refractivity contribution >= 4 is 18.3 Å². The maximum atomic E-state index is 12.7. The summed E-state index contributed by atoms with van der Waals surface area (Å²) in [6.07, 6.45) is 0. The molecule has 1 rings (SSSR count). The van der Waals surface area contributed by atoms with Gasteiger partial charge in [-0.15, -0.1) is 12.4 Å². The fraction of sp³-hybridized carbons (Fsp3) is 0.300. The lowest BCUT2D eigenvalue weighted by molar-refractivity contribution is 0.0118. The molecule has 0 spiro atoms. The molecule has 0 aliphatic heterocycles. The van der Waals surface area contributed by atoms with Crippen LogP contribution in [0.4, 0.5) is 17.6 Å². The van der Waals surface area contributed by atoms with Crippen molar-refractivity contribution < 1.29 is 22.4 Å². The van der Waals surface area contributed by atoms with Crippen molar-refractivity contribution in [3.8, 4) is 0 Å². The molecule has 0 heterocycles. The lowest BCUT2D eigenvalue weighted by atomic mass is 10.2. The molecular formula is C10H11ClF4N2O. The van der Waals surface area contributed by atoms with Crippen LogP contribution in [0.5, 0.6) is 0 Å². The monoisotopic (exact) mass is 286 g/mol. The van der Waals surface area contributed by atoms with Gasteiger partial charge < -0.3 is 11.1 Å². The van der Waals surface area contributed by atoms with Gasteiger partial charge in [0.25, 0.3) is 11.8 Å². The lowest BCUT2D eigenvalue weighted by Crippen LogP contribution is -2.41. The van der Waals surface area contributed by atoms with Crippen LogP contribution in [0.1, 0.15) is 10.4 Å². The van der Waals surface area contributed by atoms with Gasteiger partial charge in [0.2, 0.25) is 0 Å². The summed E-state index contributed by atoms with van der Waals surface area (Å²) in [5, 5.41) is 1.84. The molecule has 1 aromatic rings. The predicted molar refractivity (Wildman–Crippen MR) is 59.9 cm³/mol. The first-order chi connectivity index (χ1) is 7.84. The Kier molecular flexibility index (Phi) is 6.07. The molecule has 3 N–H and O–H groups in total. The summed E-state index contributed by atoms with van der Waals surface area (Å²) in [4.78, 5) is 11.3. The molecule has 3 nitrogen and oxygen atoms in total. The molecule has 0 saturated carbocycles. The zero-order valence-corrected chi connectivity index (χ0v) is 9.87. The highest BCUT2D eigenvalue weighted by Crippen LogP contribution is 2.11. The third-order valence-corrected chi connectivity index (χ3v) is 1.93. The minimum Gasteiger partial charge on any atom is -0.346 e. The molecule has 0 bridgehead atoms. The molecule has 0 aromatic heterocycles. The van der Waals surface area contributed by atoms with E-state index in [-0.39, 0.29) is 18.0 Å². The summed E-state index contributed by atoms with van der Waals surface area (Å²) in [6, 6.07) is 2.07. The van der Waals surface area contributed by atoms with Crippen LogP contribution in [0, 0.1) is 11.6 Å². The van der Waals surface area contributed by atoms with Crippen molar-refractivity contribution in [1.82, 2.24) is 5.32 Å². The Morgan fingerprint density at radius 3 is 2.17 bits per heavy atom. The Labute approximate surface area is 107 Å². The number of benzene rings is 1. The number of carbonyl (C=O) groups is 1. The van der Waals surface area contributed by atoms with E-state index in [1.807, 2.05) is 5.32 Å². The van der Waals surface area contributed by atoms with Crippen LogP contribution in [-0.4, -0.2) is 24.9 Å². The van der Waals surface area contributed by atoms with Crippen LogP contribution in [-0.2, 0) is 0 Å². The second kappa shape index (κ2) is 6.55. The van der Waals surface area contributed by atoms with E-state index in [4.69, 9.17) is 5.73 Å². The summed E-state index contributed by atoms with van der Waals surface area (Å²) in [5.41, 5.74) is 4.39. The van der Waals surface area contributed by atoms with Gasteiger partial charge in [0, 0.05) is 11.6 Å². The van der Waals surface area contributed by atoms with Gasteiger partial charge in [0.05, 0.1) is 13.1 Å². The summed E-state index contributed by atoms with van der Waals surface area (Å²) >= 11 is 0. The number of alkyl halides is 2. The Bertz CT molecular complexity index is 408. The van der Waals surface area contributed by atoms with Gasteiger partial charge in [-0.25, -0.2) is 17.6 Å². The van der Waals surface area contributed by atoms with E-state index in [0.717, 1.165) is 12.1 Å². The van der Waals surface area contributed by atoms with E-state index >= 15 is 0 Å². The third-order valence-electron chi connectivity index (χ3n) is 1.93. The minimum atomic E-state index is -3.25. The average Bonchev–Trinajstić information content (AvgIpc) is 2.24. The minimum absolute atomic E-state index is 0. The number of amides is 1. The normalized spacial score (nSPS) is 10.7. The van der Waals surface area contributed by atoms with Crippen molar-refractivity contribution in [3.63, 3.8) is 0 Å². The highest BCUT2D eigenvalue weighted by Gasteiger charge is 2.27. The summed E-state index contributed by atoms with van der Waals surface area (Å²) in [5.74, 6) is -6.15. The predicted octanol–water partition coefficient (Wildman–Crippen LogP) is 1.71. The van der Waals surface area contributed by atoms with E-state index in [2.05, 4.69) is 0 Å². The van der Waals surface area contributed by atoms with Crippen LogP contribution in [0.25, 0.3) is 0 Å². The first-order valence-electron chi connectivity index (χ1n) is 4.66. The Hall–Kier alpha value is -1.34. The largest absolute Gasteiger partial charge is 0.346 e. The van der Waals surface area contributed by atoms with Gasteiger partial charge in [-0.1, -0.05) is 0 Å². The molecule has 0 aliphatic carbocycles. The average molecular weight is 287 g/mol. The number of halogens is 5. The zero-order chi connectivity index (χ0) is 13.1. The first kappa shape index (κ1) is 16.7. The number of carbonyl (C=O) groups excluding carboxylic acids is 1. The lowest BCUT2D eigenvalue weighted by Gasteiger charge is -2.14. The van der Waals surface area contributed by atoms with Gasteiger partial charge in [0.1, 0.15) is 11.6 Å². The molecule has 18 heavy (non-hydrogen) atoms. The molecule has 1 amide bonds. The van der Waals surface area contributed by atoms with Gasteiger partial charge in [-0.2, -0.15) is 0 Å². The van der Waals surface area contributed by atoms with Gasteiger partial charge in [-0.3, -0.25) is 4.79 Å². The van der Waals surface area contributed by atoms with E-state index in [1.54, 1.807) is 0 Å². The quantitative estimate of drug-likeness (QED) is 0.828. The van der Waals surface area contributed by atoms with Gasteiger partial charge in [0.15, 0.2) is 0 Å². The van der Waals surface area contributed by atoms with Crippen LogP contribution in [0.15, 0.2) is 18.2 Å². The van der Waals surface area contributed by atoms with Crippen LogP contribution >= 0.6 is 12.4 Å². The van der Waals surface area contributed by atoms with Crippen molar-refractivity contribution in [2.24, 2.45) is 5.73 Å². The molecule has 0 saturated heterocycles. The molecule has 8 heteroatoms. The first-order valence-corrected chi connectivity index (χ1v) is 4.66. The Morgan fingerprint density at radius 1 is 1.22 bits per heavy atom.